The minimum atomic E-state index is -0.0707. The van der Waals surface area contributed by atoms with Gasteiger partial charge in [0, 0.05) is 46.9 Å². The lowest BCUT2D eigenvalue weighted by Gasteiger charge is -2.33. The summed E-state index contributed by atoms with van der Waals surface area (Å²) in [6.07, 6.45) is 5.16. The fraction of sp³-hybridized carbons (Fsp3) is 0.280. The van der Waals surface area contributed by atoms with E-state index in [-0.39, 0.29) is 24.2 Å². The summed E-state index contributed by atoms with van der Waals surface area (Å²) < 4.78 is 5.66. The van der Waals surface area contributed by atoms with Crippen LogP contribution in [0.25, 0.3) is 11.1 Å². The molecule has 1 saturated heterocycles. The lowest BCUT2D eigenvalue weighted by Crippen LogP contribution is -2.41. The van der Waals surface area contributed by atoms with Crippen molar-refractivity contribution in [2.45, 2.75) is 25.7 Å². The van der Waals surface area contributed by atoms with E-state index in [1.54, 1.807) is 36.8 Å². The fourth-order valence-corrected chi connectivity index (χ4v) is 4.24. The van der Waals surface area contributed by atoms with E-state index in [1.807, 2.05) is 29.2 Å². The van der Waals surface area contributed by atoms with E-state index in [9.17, 15) is 9.59 Å². The second kappa shape index (κ2) is 9.92. The van der Waals surface area contributed by atoms with Crippen molar-refractivity contribution in [3.63, 3.8) is 0 Å². The maximum atomic E-state index is 12.8. The number of ketones is 1. The summed E-state index contributed by atoms with van der Waals surface area (Å²) in [4.78, 5) is 34.8. The van der Waals surface area contributed by atoms with Crippen LogP contribution < -0.4 is 4.74 Å². The third-order valence-electron chi connectivity index (χ3n) is 5.69. The minimum Gasteiger partial charge on any atom is -0.484 e. The normalized spacial score (nSPS) is 15.9. The summed E-state index contributed by atoms with van der Waals surface area (Å²) in [6, 6.07) is 14.5. The van der Waals surface area contributed by atoms with Crippen LogP contribution in [0.5, 0.6) is 5.75 Å². The second-order valence-electron chi connectivity index (χ2n) is 7.85. The first-order valence-electron chi connectivity index (χ1n) is 10.6. The Morgan fingerprint density at radius 3 is 2.66 bits per heavy atom. The predicted octanol–water partition coefficient (Wildman–Crippen LogP) is 4.78. The van der Waals surface area contributed by atoms with E-state index >= 15 is 0 Å². The van der Waals surface area contributed by atoms with E-state index in [4.69, 9.17) is 16.3 Å². The van der Waals surface area contributed by atoms with Crippen molar-refractivity contribution in [3.05, 3.63) is 77.3 Å². The molecule has 6 nitrogen and oxygen atoms in total. The Kier molecular flexibility index (Phi) is 6.81. The van der Waals surface area contributed by atoms with Gasteiger partial charge in [0.15, 0.2) is 12.4 Å². The van der Waals surface area contributed by atoms with Gasteiger partial charge in [-0.05, 0) is 50.1 Å². The number of piperidine rings is 1. The lowest BCUT2D eigenvalue weighted by molar-refractivity contribution is -0.134. The molecule has 0 spiro atoms. The number of likely N-dealkylation sites (tertiary alicyclic amines) is 1. The van der Waals surface area contributed by atoms with Gasteiger partial charge in [-0.15, -0.1) is 0 Å². The number of aromatic nitrogens is 2. The molecule has 0 saturated carbocycles. The molecule has 1 aromatic heterocycles. The van der Waals surface area contributed by atoms with Gasteiger partial charge in [0.2, 0.25) is 0 Å². The van der Waals surface area contributed by atoms with E-state index in [0.29, 0.717) is 29.4 Å². The number of carbonyl (C=O) groups is 2. The van der Waals surface area contributed by atoms with Crippen LogP contribution in [-0.4, -0.2) is 46.3 Å². The molecule has 2 aromatic carbocycles. The molecule has 164 valence electrons. The second-order valence-corrected chi connectivity index (χ2v) is 8.26. The molecule has 1 aliphatic rings. The van der Waals surface area contributed by atoms with Gasteiger partial charge in [0.1, 0.15) is 12.1 Å². The topological polar surface area (TPSA) is 72.4 Å². The quantitative estimate of drug-likeness (QED) is 0.506. The Morgan fingerprint density at radius 1 is 1.12 bits per heavy atom. The third kappa shape index (κ3) is 4.97. The van der Waals surface area contributed by atoms with E-state index in [1.165, 1.54) is 6.92 Å². The minimum absolute atomic E-state index is 0.00661. The van der Waals surface area contributed by atoms with E-state index in [2.05, 4.69) is 9.97 Å². The van der Waals surface area contributed by atoms with Crippen LogP contribution in [0.2, 0.25) is 5.02 Å². The SMILES string of the molecule is CC(=O)c1ccc(OCC(=O)N2CCC[C@@H](c3ncncc3-c3ccccc3Cl)C2)cc1. The number of ether oxygens (including phenoxy) is 1. The van der Waals surface area contributed by atoms with Crippen LogP contribution in [0, 0.1) is 0 Å². The number of rotatable bonds is 6. The van der Waals surface area contributed by atoms with Crippen LogP contribution in [-0.2, 0) is 4.79 Å². The monoisotopic (exact) mass is 449 g/mol. The number of benzene rings is 2. The van der Waals surface area contributed by atoms with Crippen LogP contribution in [0.4, 0.5) is 0 Å². The molecule has 0 unspecified atom stereocenters. The summed E-state index contributed by atoms with van der Waals surface area (Å²) in [5.74, 6) is 0.581. The van der Waals surface area contributed by atoms with Gasteiger partial charge in [-0.1, -0.05) is 29.8 Å². The van der Waals surface area contributed by atoms with Gasteiger partial charge < -0.3 is 9.64 Å². The number of halogens is 1. The van der Waals surface area contributed by atoms with Crippen molar-refractivity contribution >= 4 is 23.3 Å². The van der Waals surface area contributed by atoms with Crippen molar-refractivity contribution in [2.75, 3.05) is 19.7 Å². The highest BCUT2D eigenvalue weighted by Crippen LogP contribution is 2.35. The zero-order valence-electron chi connectivity index (χ0n) is 17.8. The molecule has 0 N–H and O–H groups in total. The third-order valence-corrected chi connectivity index (χ3v) is 6.02. The molecule has 1 fully saturated rings. The van der Waals surface area contributed by atoms with Crippen LogP contribution in [0.15, 0.2) is 61.1 Å². The Morgan fingerprint density at radius 2 is 1.91 bits per heavy atom. The summed E-state index contributed by atoms with van der Waals surface area (Å²) in [5.41, 5.74) is 3.32. The highest BCUT2D eigenvalue weighted by atomic mass is 35.5. The highest BCUT2D eigenvalue weighted by Gasteiger charge is 2.28. The molecule has 0 aliphatic carbocycles. The van der Waals surface area contributed by atoms with Gasteiger partial charge in [0.25, 0.3) is 5.91 Å². The van der Waals surface area contributed by atoms with Crippen molar-refractivity contribution in [2.24, 2.45) is 0 Å². The van der Waals surface area contributed by atoms with Gasteiger partial charge >= 0.3 is 0 Å². The molecular weight excluding hydrogens is 426 g/mol. The van der Waals surface area contributed by atoms with Crippen LogP contribution >= 0.6 is 11.6 Å². The molecule has 1 amide bonds. The Balaban J connectivity index is 1.44. The zero-order chi connectivity index (χ0) is 22.5. The smallest absolute Gasteiger partial charge is 0.260 e. The summed E-state index contributed by atoms with van der Waals surface area (Å²) in [7, 11) is 0. The highest BCUT2D eigenvalue weighted by molar-refractivity contribution is 6.33. The number of hydrogen-bond acceptors (Lipinski definition) is 5. The average molecular weight is 450 g/mol. The number of hydrogen-bond donors (Lipinski definition) is 0. The molecule has 0 radical (unpaired) electrons. The predicted molar refractivity (Wildman–Crippen MR) is 123 cm³/mol. The number of Topliss-reactive ketones (excluding diaryl/α,β-unsaturated/α-hetero) is 1. The fourth-order valence-electron chi connectivity index (χ4n) is 4.00. The number of amides is 1. The average Bonchev–Trinajstić information content (AvgIpc) is 2.83. The molecule has 32 heavy (non-hydrogen) atoms. The Labute approximate surface area is 192 Å². The largest absolute Gasteiger partial charge is 0.484 e. The molecule has 7 heteroatoms. The maximum absolute atomic E-state index is 12.8. The first-order chi connectivity index (χ1) is 15.5. The first kappa shape index (κ1) is 22.0. The van der Waals surface area contributed by atoms with E-state index in [0.717, 1.165) is 29.7 Å². The van der Waals surface area contributed by atoms with Gasteiger partial charge in [0.05, 0.1) is 5.69 Å². The number of carbonyl (C=O) groups excluding carboxylic acids is 2. The van der Waals surface area contributed by atoms with Crippen molar-refractivity contribution < 1.29 is 14.3 Å². The molecular formula is C25H24ClN3O3. The lowest BCUT2D eigenvalue weighted by atomic mass is 9.90. The maximum Gasteiger partial charge on any atom is 0.260 e. The number of nitrogens with zero attached hydrogens (tertiary/aromatic N) is 3. The molecule has 0 bridgehead atoms. The molecule has 1 aliphatic heterocycles. The Bertz CT molecular complexity index is 1120. The first-order valence-corrected chi connectivity index (χ1v) is 11.0. The zero-order valence-corrected chi connectivity index (χ0v) is 18.6. The molecule has 3 aromatic rings. The summed E-state index contributed by atoms with van der Waals surface area (Å²) in [6.45, 7) is 2.72. The molecule has 2 heterocycles. The standard InChI is InChI=1S/C25H24ClN3O3/c1-17(30)18-8-10-20(11-9-18)32-15-24(31)29-12-4-5-19(14-29)25-22(13-27-16-28-25)21-6-2-3-7-23(21)26/h2-3,6-11,13,16,19H,4-5,12,14-15H2,1H3/t19-/m1/s1. The van der Waals surface area contributed by atoms with Gasteiger partial charge in [-0.3, -0.25) is 9.59 Å². The van der Waals surface area contributed by atoms with Crippen molar-refractivity contribution in [1.29, 1.82) is 0 Å². The molecule has 1 atom stereocenters. The Hall–Kier alpha value is -3.25. The van der Waals surface area contributed by atoms with Gasteiger partial charge in [-0.2, -0.15) is 0 Å². The van der Waals surface area contributed by atoms with Crippen molar-refractivity contribution in [1.82, 2.24) is 14.9 Å². The molecule has 4 rings (SSSR count). The van der Waals surface area contributed by atoms with Crippen LogP contribution in [0.1, 0.15) is 41.7 Å². The summed E-state index contributed by atoms with van der Waals surface area (Å²) >= 11 is 6.42. The summed E-state index contributed by atoms with van der Waals surface area (Å²) in [5, 5.41) is 0.650. The van der Waals surface area contributed by atoms with E-state index < -0.39 is 0 Å². The van der Waals surface area contributed by atoms with Crippen molar-refractivity contribution in [3.8, 4) is 16.9 Å². The van der Waals surface area contributed by atoms with Gasteiger partial charge in [-0.25, -0.2) is 9.97 Å². The van der Waals surface area contributed by atoms with Crippen LogP contribution in [0.3, 0.4) is 0 Å².